The zero-order chi connectivity index (χ0) is 20.1. The fraction of sp³-hybridized carbons (Fsp3) is 1.00. The maximum Gasteiger partial charge on any atom is 0.0543 e. The number of fused-ring (bicyclic) bond motifs is 5. The van der Waals surface area contributed by atoms with Crippen LogP contribution in [0.1, 0.15) is 112 Å². The van der Waals surface area contributed by atoms with Gasteiger partial charge >= 0.3 is 0 Å². The molecule has 0 spiro atoms. The van der Waals surface area contributed by atoms with Crippen LogP contribution in [0, 0.1) is 52.3 Å². The molecule has 1 nitrogen and oxygen atoms in total. The zero-order valence-corrected chi connectivity index (χ0v) is 19.6. The average molecular weight is 389 g/mol. The number of aliphatic hydroxyl groups excluding tert-OH is 1. The van der Waals surface area contributed by atoms with Crippen molar-refractivity contribution in [3.8, 4) is 0 Å². The summed E-state index contributed by atoms with van der Waals surface area (Å²) in [5, 5.41) is 10.3. The maximum atomic E-state index is 10.3. The minimum Gasteiger partial charge on any atom is -0.393 e. The molecule has 0 heterocycles. The molecular formula is C27H48O. The first-order valence-corrected chi connectivity index (χ1v) is 12.9. The first-order chi connectivity index (χ1) is 13.3. The van der Waals surface area contributed by atoms with Crippen LogP contribution in [0.3, 0.4) is 0 Å². The van der Waals surface area contributed by atoms with Gasteiger partial charge in [0.2, 0.25) is 0 Å². The first-order valence-electron chi connectivity index (χ1n) is 12.9. The Morgan fingerprint density at radius 1 is 0.821 bits per heavy atom. The van der Waals surface area contributed by atoms with Crippen molar-refractivity contribution < 1.29 is 5.11 Å². The maximum absolute atomic E-state index is 10.3. The van der Waals surface area contributed by atoms with Gasteiger partial charge in [-0.1, -0.05) is 53.9 Å². The van der Waals surface area contributed by atoms with Crippen LogP contribution in [0.4, 0.5) is 0 Å². The highest BCUT2D eigenvalue weighted by Crippen LogP contribution is 2.68. The van der Waals surface area contributed by atoms with Crippen molar-refractivity contribution in [2.75, 3.05) is 0 Å². The zero-order valence-electron chi connectivity index (χ0n) is 19.6. The quantitative estimate of drug-likeness (QED) is 0.518. The Morgan fingerprint density at radius 3 is 2.29 bits per heavy atom. The van der Waals surface area contributed by atoms with Gasteiger partial charge in [0.15, 0.2) is 0 Å². The van der Waals surface area contributed by atoms with E-state index >= 15 is 0 Å². The molecule has 0 aliphatic heterocycles. The molecule has 4 aliphatic rings. The third-order valence-corrected chi connectivity index (χ3v) is 10.8. The third-order valence-electron chi connectivity index (χ3n) is 10.8. The van der Waals surface area contributed by atoms with Crippen molar-refractivity contribution in [1.29, 1.82) is 0 Å². The second kappa shape index (κ2) is 7.90. The lowest BCUT2D eigenvalue weighted by atomic mass is 9.44. The molecule has 1 heteroatoms. The van der Waals surface area contributed by atoms with Crippen LogP contribution in [0.15, 0.2) is 0 Å². The van der Waals surface area contributed by atoms with Crippen LogP contribution in [-0.2, 0) is 0 Å². The topological polar surface area (TPSA) is 20.2 Å². The minimum absolute atomic E-state index is 0.00830. The molecule has 0 aromatic carbocycles. The summed E-state index contributed by atoms with van der Waals surface area (Å²) in [7, 11) is 0. The predicted octanol–water partition coefficient (Wildman–Crippen LogP) is 7.47. The van der Waals surface area contributed by atoms with Crippen LogP contribution in [0.25, 0.3) is 0 Å². The molecular weight excluding hydrogens is 340 g/mol. The van der Waals surface area contributed by atoms with Crippen LogP contribution >= 0.6 is 0 Å². The van der Waals surface area contributed by atoms with Gasteiger partial charge in [-0.15, -0.1) is 0 Å². The summed E-state index contributed by atoms with van der Waals surface area (Å²) in [4.78, 5) is 0. The highest BCUT2D eigenvalue weighted by atomic mass is 16.3. The third kappa shape index (κ3) is 3.50. The van der Waals surface area contributed by atoms with E-state index in [1.807, 2.05) is 0 Å². The minimum atomic E-state index is -0.00830. The molecule has 0 amide bonds. The largest absolute Gasteiger partial charge is 0.393 e. The van der Waals surface area contributed by atoms with Crippen molar-refractivity contribution in [3.05, 3.63) is 0 Å². The van der Waals surface area contributed by atoms with E-state index in [1.54, 1.807) is 0 Å². The average Bonchev–Trinajstić information content (AvgIpc) is 2.99. The van der Waals surface area contributed by atoms with Crippen molar-refractivity contribution in [3.63, 3.8) is 0 Å². The molecule has 162 valence electrons. The van der Waals surface area contributed by atoms with E-state index in [1.165, 1.54) is 64.2 Å². The molecule has 0 radical (unpaired) electrons. The summed E-state index contributed by atoms with van der Waals surface area (Å²) in [5.74, 6) is 6.49. The van der Waals surface area contributed by atoms with Gasteiger partial charge in [-0.2, -0.15) is 0 Å². The van der Waals surface area contributed by atoms with Gasteiger partial charge in [-0.3, -0.25) is 0 Å². The lowest BCUT2D eigenvalue weighted by Crippen LogP contribution is -2.54. The lowest BCUT2D eigenvalue weighted by Gasteiger charge is -2.61. The van der Waals surface area contributed by atoms with Gasteiger partial charge < -0.3 is 5.11 Å². The van der Waals surface area contributed by atoms with E-state index in [-0.39, 0.29) is 6.10 Å². The van der Waals surface area contributed by atoms with Crippen LogP contribution in [-0.4, -0.2) is 11.2 Å². The SMILES string of the molecule is CC(C)CCCC(C)[C@H]1CC[C@H]2[C@@H]3CCC4CC(O)CC[C@]4(C)[C@H]3CC[C@]12C. The molecule has 4 saturated carbocycles. The van der Waals surface area contributed by atoms with E-state index in [2.05, 4.69) is 34.6 Å². The molecule has 0 aromatic heterocycles. The molecule has 4 rings (SSSR count). The van der Waals surface area contributed by atoms with E-state index in [0.717, 1.165) is 54.3 Å². The van der Waals surface area contributed by atoms with Gasteiger partial charge in [0.25, 0.3) is 0 Å². The molecule has 28 heavy (non-hydrogen) atoms. The first kappa shape index (κ1) is 21.2. The van der Waals surface area contributed by atoms with Gasteiger partial charge in [-0.05, 0) is 110 Å². The molecule has 4 aliphatic carbocycles. The van der Waals surface area contributed by atoms with Crippen molar-refractivity contribution in [2.24, 2.45) is 52.3 Å². The van der Waals surface area contributed by atoms with E-state index in [0.29, 0.717) is 10.8 Å². The van der Waals surface area contributed by atoms with Crippen molar-refractivity contribution in [1.82, 2.24) is 0 Å². The number of hydrogen-bond acceptors (Lipinski definition) is 1. The Kier molecular flexibility index (Phi) is 5.98. The Morgan fingerprint density at radius 2 is 1.54 bits per heavy atom. The summed E-state index contributed by atoms with van der Waals surface area (Å²) in [6.07, 6.45) is 16.6. The second-order valence-corrected chi connectivity index (χ2v) is 12.6. The Hall–Kier alpha value is -0.0400. The van der Waals surface area contributed by atoms with E-state index in [4.69, 9.17) is 0 Å². The molecule has 1 N–H and O–H groups in total. The standard InChI is InChI=1S/C27H48O/c1-18(2)7-6-8-19(3)23-11-12-24-22-10-9-20-17-21(28)13-15-26(20,4)25(22)14-16-27(23,24)5/h18-25,28H,6-17H2,1-5H3/t19?,20?,21?,22-,23+,24-,25-,26-,27+/m0/s1. The normalized spacial score (nSPS) is 49.4. The van der Waals surface area contributed by atoms with Gasteiger partial charge in [0, 0.05) is 0 Å². The fourth-order valence-electron chi connectivity index (χ4n) is 9.26. The summed E-state index contributed by atoms with van der Waals surface area (Å²) >= 11 is 0. The van der Waals surface area contributed by atoms with Crippen LogP contribution < -0.4 is 0 Å². The Bertz CT molecular complexity index is 540. The Balaban J connectivity index is 1.46. The highest BCUT2D eigenvalue weighted by molar-refractivity contribution is 5.09. The molecule has 9 atom stereocenters. The van der Waals surface area contributed by atoms with Crippen LogP contribution in [0.5, 0.6) is 0 Å². The molecule has 3 unspecified atom stereocenters. The number of hydrogen-bond donors (Lipinski definition) is 1. The number of aliphatic hydroxyl groups is 1. The summed E-state index contributed by atoms with van der Waals surface area (Å²) < 4.78 is 0. The fourth-order valence-corrected chi connectivity index (χ4v) is 9.26. The molecule has 0 saturated heterocycles. The van der Waals surface area contributed by atoms with Crippen molar-refractivity contribution >= 4 is 0 Å². The van der Waals surface area contributed by atoms with E-state index in [9.17, 15) is 5.11 Å². The van der Waals surface area contributed by atoms with E-state index < -0.39 is 0 Å². The smallest absolute Gasteiger partial charge is 0.0543 e. The Labute approximate surface area is 175 Å². The summed E-state index contributed by atoms with van der Waals surface area (Å²) in [6, 6.07) is 0. The van der Waals surface area contributed by atoms with Crippen molar-refractivity contribution in [2.45, 2.75) is 118 Å². The molecule has 0 bridgehead atoms. The molecule has 0 aromatic rings. The number of rotatable bonds is 5. The monoisotopic (exact) mass is 388 g/mol. The summed E-state index contributed by atoms with van der Waals surface area (Å²) in [5.41, 5.74) is 1.15. The molecule has 4 fully saturated rings. The van der Waals surface area contributed by atoms with Gasteiger partial charge in [0.05, 0.1) is 6.10 Å². The summed E-state index contributed by atoms with van der Waals surface area (Å²) in [6.45, 7) is 12.7. The van der Waals surface area contributed by atoms with Crippen LogP contribution in [0.2, 0.25) is 0 Å². The second-order valence-electron chi connectivity index (χ2n) is 12.6. The highest BCUT2D eigenvalue weighted by Gasteiger charge is 2.60. The predicted molar refractivity (Wildman–Crippen MR) is 119 cm³/mol. The van der Waals surface area contributed by atoms with Gasteiger partial charge in [-0.25, -0.2) is 0 Å². The van der Waals surface area contributed by atoms with Gasteiger partial charge in [0.1, 0.15) is 0 Å². The lowest BCUT2D eigenvalue weighted by molar-refractivity contribution is -0.129.